The highest BCUT2D eigenvalue weighted by Crippen LogP contribution is 2.26. The second-order valence-electron chi connectivity index (χ2n) is 5.84. The van der Waals surface area contributed by atoms with Crippen LogP contribution in [0.3, 0.4) is 0 Å². The predicted molar refractivity (Wildman–Crippen MR) is 89.8 cm³/mol. The Bertz CT molecular complexity index is 524. The lowest BCUT2D eigenvalue weighted by atomic mass is 9.99. The van der Waals surface area contributed by atoms with Crippen molar-refractivity contribution in [2.45, 2.75) is 18.8 Å². The van der Waals surface area contributed by atoms with Gasteiger partial charge in [-0.3, -0.25) is 0 Å². The number of benzene rings is 2. The van der Waals surface area contributed by atoms with E-state index >= 15 is 0 Å². The first-order valence-electron chi connectivity index (χ1n) is 7.98. The normalized spacial score (nSPS) is 18.8. The van der Waals surface area contributed by atoms with E-state index < -0.39 is 0 Å². The topological polar surface area (TPSA) is 15.3 Å². The average Bonchev–Trinajstić information content (AvgIpc) is 3.02. The van der Waals surface area contributed by atoms with E-state index in [9.17, 15) is 0 Å². The van der Waals surface area contributed by atoms with E-state index in [4.69, 9.17) is 0 Å². The zero-order valence-corrected chi connectivity index (χ0v) is 12.5. The van der Waals surface area contributed by atoms with Crippen LogP contribution in [0.2, 0.25) is 0 Å². The monoisotopic (exact) mass is 280 g/mol. The number of para-hydroxylation sites is 1. The van der Waals surface area contributed by atoms with E-state index in [2.05, 4.69) is 70.9 Å². The summed E-state index contributed by atoms with van der Waals surface area (Å²) >= 11 is 0. The Kier molecular flexibility index (Phi) is 4.90. The van der Waals surface area contributed by atoms with Crippen LogP contribution in [0.25, 0.3) is 0 Å². The van der Waals surface area contributed by atoms with Gasteiger partial charge in [0.2, 0.25) is 0 Å². The summed E-state index contributed by atoms with van der Waals surface area (Å²) in [5, 5.41) is 3.48. The van der Waals surface area contributed by atoms with Crippen LogP contribution in [-0.2, 0) is 0 Å². The number of rotatable bonds is 6. The van der Waals surface area contributed by atoms with Crippen LogP contribution >= 0.6 is 0 Å². The lowest BCUT2D eigenvalue weighted by Gasteiger charge is -2.16. The van der Waals surface area contributed by atoms with Gasteiger partial charge in [-0.25, -0.2) is 0 Å². The van der Waals surface area contributed by atoms with Gasteiger partial charge in [-0.1, -0.05) is 48.5 Å². The van der Waals surface area contributed by atoms with Gasteiger partial charge >= 0.3 is 0 Å². The van der Waals surface area contributed by atoms with Crippen molar-refractivity contribution >= 4 is 5.69 Å². The molecular weight excluding hydrogens is 256 g/mol. The predicted octanol–water partition coefficient (Wildman–Crippen LogP) is 3.98. The van der Waals surface area contributed by atoms with Gasteiger partial charge in [0, 0.05) is 18.8 Å². The molecule has 3 rings (SSSR count). The quantitative estimate of drug-likeness (QED) is 0.805. The number of hydrogen-bond acceptors (Lipinski definition) is 2. The fourth-order valence-corrected chi connectivity index (χ4v) is 3.12. The van der Waals surface area contributed by atoms with Crippen LogP contribution in [0.1, 0.15) is 24.3 Å². The van der Waals surface area contributed by atoms with E-state index in [1.165, 1.54) is 43.7 Å². The molecule has 2 aromatic rings. The maximum absolute atomic E-state index is 3.48. The van der Waals surface area contributed by atoms with Crippen LogP contribution in [0.15, 0.2) is 60.7 Å². The Morgan fingerprint density at radius 1 is 0.952 bits per heavy atom. The van der Waals surface area contributed by atoms with Crippen molar-refractivity contribution in [3.05, 3.63) is 66.2 Å². The maximum Gasteiger partial charge on any atom is 0.0340 e. The van der Waals surface area contributed by atoms with Gasteiger partial charge in [-0.15, -0.1) is 0 Å². The van der Waals surface area contributed by atoms with Crippen LogP contribution in [0.5, 0.6) is 0 Å². The Morgan fingerprint density at radius 3 is 2.43 bits per heavy atom. The van der Waals surface area contributed by atoms with Crippen molar-refractivity contribution in [2.75, 3.05) is 31.5 Å². The van der Waals surface area contributed by atoms with Crippen LogP contribution in [0.4, 0.5) is 5.69 Å². The molecule has 21 heavy (non-hydrogen) atoms. The van der Waals surface area contributed by atoms with Gasteiger partial charge in [0.1, 0.15) is 0 Å². The molecule has 0 amide bonds. The fraction of sp³-hybridized carbons (Fsp3) is 0.368. The smallest absolute Gasteiger partial charge is 0.0340 e. The molecule has 1 aliphatic heterocycles. The lowest BCUT2D eigenvalue weighted by molar-refractivity contribution is 0.333. The lowest BCUT2D eigenvalue weighted by Crippen LogP contribution is -2.23. The summed E-state index contributed by atoms with van der Waals surface area (Å²) in [4.78, 5) is 2.60. The number of anilines is 1. The molecule has 0 aromatic heterocycles. The van der Waals surface area contributed by atoms with E-state index in [-0.39, 0.29) is 0 Å². The second kappa shape index (κ2) is 7.28. The zero-order valence-electron chi connectivity index (χ0n) is 12.5. The summed E-state index contributed by atoms with van der Waals surface area (Å²) in [6.45, 7) is 4.71. The third-order valence-corrected chi connectivity index (χ3v) is 4.30. The Balaban J connectivity index is 1.38. The summed E-state index contributed by atoms with van der Waals surface area (Å²) < 4.78 is 0. The number of nitrogens with one attached hydrogen (secondary N) is 1. The average molecular weight is 280 g/mol. The third kappa shape index (κ3) is 4.08. The minimum atomic E-state index is 0.730. The van der Waals surface area contributed by atoms with Crippen molar-refractivity contribution in [3.63, 3.8) is 0 Å². The SMILES string of the molecule is c1ccc(NCCCN2CCC(c3ccccc3)C2)cc1. The van der Waals surface area contributed by atoms with E-state index in [0.717, 1.165) is 12.5 Å². The van der Waals surface area contributed by atoms with Gasteiger partial charge in [0.25, 0.3) is 0 Å². The largest absolute Gasteiger partial charge is 0.385 e. The highest BCUT2D eigenvalue weighted by Gasteiger charge is 2.22. The molecule has 1 N–H and O–H groups in total. The molecule has 1 saturated heterocycles. The Labute approximate surface area is 127 Å². The second-order valence-corrected chi connectivity index (χ2v) is 5.84. The van der Waals surface area contributed by atoms with Crippen molar-refractivity contribution in [1.29, 1.82) is 0 Å². The summed E-state index contributed by atoms with van der Waals surface area (Å²) in [7, 11) is 0. The van der Waals surface area contributed by atoms with E-state index in [1.54, 1.807) is 0 Å². The molecule has 1 aliphatic rings. The van der Waals surface area contributed by atoms with Gasteiger partial charge in [-0.2, -0.15) is 0 Å². The first-order valence-corrected chi connectivity index (χ1v) is 7.98. The number of hydrogen-bond donors (Lipinski definition) is 1. The van der Waals surface area contributed by atoms with Gasteiger partial charge in [0.05, 0.1) is 0 Å². The fourth-order valence-electron chi connectivity index (χ4n) is 3.12. The molecular formula is C19H24N2. The highest BCUT2D eigenvalue weighted by atomic mass is 15.1. The summed E-state index contributed by atoms with van der Waals surface area (Å²) in [5.41, 5.74) is 2.73. The highest BCUT2D eigenvalue weighted by molar-refractivity contribution is 5.42. The van der Waals surface area contributed by atoms with Gasteiger partial charge in [-0.05, 0) is 49.5 Å². The number of likely N-dealkylation sites (tertiary alicyclic amines) is 1. The van der Waals surface area contributed by atoms with E-state index in [0.29, 0.717) is 0 Å². The minimum Gasteiger partial charge on any atom is -0.385 e. The first-order chi connectivity index (χ1) is 10.4. The Morgan fingerprint density at radius 2 is 1.67 bits per heavy atom. The molecule has 0 bridgehead atoms. The molecule has 1 unspecified atom stereocenters. The van der Waals surface area contributed by atoms with Crippen LogP contribution < -0.4 is 5.32 Å². The minimum absolute atomic E-state index is 0.730. The van der Waals surface area contributed by atoms with Crippen LogP contribution in [-0.4, -0.2) is 31.1 Å². The van der Waals surface area contributed by atoms with Crippen molar-refractivity contribution in [3.8, 4) is 0 Å². The summed E-state index contributed by atoms with van der Waals surface area (Å²) in [6, 6.07) is 21.4. The van der Waals surface area contributed by atoms with Crippen molar-refractivity contribution in [1.82, 2.24) is 4.90 Å². The molecule has 0 radical (unpaired) electrons. The first kappa shape index (κ1) is 14.2. The molecule has 1 fully saturated rings. The maximum atomic E-state index is 3.48. The summed E-state index contributed by atoms with van der Waals surface area (Å²) in [5.74, 6) is 0.730. The molecule has 0 spiro atoms. The van der Waals surface area contributed by atoms with Gasteiger partial charge < -0.3 is 10.2 Å². The van der Waals surface area contributed by atoms with Gasteiger partial charge in [0.15, 0.2) is 0 Å². The van der Waals surface area contributed by atoms with Crippen molar-refractivity contribution in [2.24, 2.45) is 0 Å². The molecule has 1 heterocycles. The molecule has 0 aliphatic carbocycles. The van der Waals surface area contributed by atoms with Crippen molar-refractivity contribution < 1.29 is 0 Å². The number of nitrogens with zero attached hydrogens (tertiary/aromatic N) is 1. The molecule has 2 aromatic carbocycles. The Hall–Kier alpha value is -1.80. The molecule has 2 heteroatoms. The molecule has 0 saturated carbocycles. The zero-order chi connectivity index (χ0) is 14.3. The van der Waals surface area contributed by atoms with Crippen LogP contribution in [0, 0.1) is 0 Å². The third-order valence-electron chi connectivity index (χ3n) is 4.30. The molecule has 2 nitrogen and oxygen atoms in total. The summed E-state index contributed by atoms with van der Waals surface area (Å²) in [6.07, 6.45) is 2.51. The van der Waals surface area contributed by atoms with E-state index in [1.807, 2.05) is 0 Å². The standard InChI is InChI=1S/C19H24N2/c1-3-8-17(9-4-1)18-12-15-21(16-18)14-7-13-20-19-10-5-2-6-11-19/h1-6,8-11,18,20H,7,12-16H2. The molecule has 1 atom stereocenters. The molecule has 110 valence electrons.